The first-order chi connectivity index (χ1) is 9.06. The highest BCUT2D eigenvalue weighted by atomic mass is 16.2. The maximum absolute atomic E-state index is 11.9. The number of amides is 2. The van der Waals surface area contributed by atoms with Crippen molar-refractivity contribution in [3.05, 3.63) is 42.0 Å². The summed E-state index contributed by atoms with van der Waals surface area (Å²) in [4.78, 5) is 16.1. The molecule has 0 spiro atoms. The summed E-state index contributed by atoms with van der Waals surface area (Å²) >= 11 is 0. The van der Waals surface area contributed by atoms with Crippen molar-refractivity contribution in [1.29, 1.82) is 0 Å². The summed E-state index contributed by atoms with van der Waals surface area (Å²) in [6, 6.07) is 5.19. The molecule has 0 aliphatic heterocycles. The summed E-state index contributed by atoms with van der Waals surface area (Å²) in [6.45, 7) is 3.73. The van der Waals surface area contributed by atoms with E-state index >= 15 is 0 Å². The number of urea groups is 1. The largest absolute Gasteiger partial charge is 0.330 e. The number of hydrogen-bond acceptors (Lipinski definition) is 3. The van der Waals surface area contributed by atoms with E-state index in [9.17, 15) is 4.79 Å². The number of nitrogens with zero attached hydrogens (tertiary/aromatic N) is 3. The Balaban J connectivity index is 1.96. The van der Waals surface area contributed by atoms with Gasteiger partial charge in [0.25, 0.3) is 0 Å². The van der Waals surface area contributed by atoms with Gasteiger partial charge >= 0.3 is 6.03 Å². The fraction of sp³-hybridized carbons (Fsp3) is 0.308. The van der Waals surface area contributed by atoms with Crippen LogP contribution < -0.4 is 10.6 Å². The fourth-order valence-corrected chi connectivity index (χ4v) is 1.78. The summed E-state index contributed by atoms with van der Waals surface area (Å²) in [5, 5.41) is 9.77. The van der Waals surface area contributed by atoms with Gasteiger partial charge in [0, 0.05) is 19.4 Å². The number of hydrogen-bond donors (Lipinski definition) is 2. The average Bonchev–Trinajstić information content (AvgIpc) is 2.68. The number of anilines is 1. The van der Waals surface area contributed by atoms with Crippen LogP contribution in [0.5, 0.6) is 0 Å². The van der Waals surface area contributed by atoms with Gasteiger partial charge < -0.3 is 10.6 Å². The zero-order chi connectivity index (χ0) is 13.8. The van der Waals surface area contributed by atoms with Crippen molar-refractivity contribution in [2.75, 3.05) is 5.32 Å². The molecule has 0 saturated carbocycles. The topological polar surface area (TPSA) is 71.8 Å². The van der Waals surface area contributed by atoms with Crippen LogP contribution in [0.1, 0.15) is 24.4 Å². The average molecular weight is 259 g/mol. The Kier molecular flexibility index (Phi) is 3.79. The van der Waals surface area contributed by atoms with E-state index in [1.807, 2.05) is 39.1 Å². The second kappa shape index (κ2) is 5.51. The molecule has 2 aromatic rings. The van der Waals surface area contributed by atoms with Gasteiger partial charge in [0.15, 0.2) is 0 Å². The van der Waals surface area contributed by atoms with Crippen LogP contribution in [-0.2, 0) is 7.05 Å². The quantitative estimate of drug-likeness (QED) is 0.885. The lowest BCUT2D eigenvalue weighted by molar-refractivity contribution is 0.249. The Morgan fingerprint density at radius 1 is 1.42 bits per heavy atom. The summed E-state index contributed by atoms with van der Waals surface area (Å²) in [6.07, 6.45) is 3.47. The number of nitrogens with one attached hydrogen (secondary N) is 2. The molecule has 2 rings (SSSR count). The molecule has 1 atom stereocenters. The second-order valence-corrected chi connectivity index (χ2v) is 4.38. The molecule has 2 N–H and O–H groups in total. The van der Waals surface area contributed by atoms with Crippen molar-refractivity contribution in [2.45, 2.75) is 19.9 Å². The van der Waals surface area contributed by atoms with Crippen LogP contribution >= 0.6 is 0 Å². The molecule has 0 aliphatic carbocycles. The highest BCUT2D eigenvalue weighted by Gasteiger charge is 2.12. The van der Waals surface area contributed by atoms with E-state index in [0.29, 0.717) is 5.69 Å². The third-order valence-corrected chi connectivity index (χ3v) is 2.74. The van der Waals surface area contributed by atoms with E-state index in [0.717, 1.165) is 11.4 Å². The summed E-state index contributed by atoms with van der Waals surface area (Å²) in [5.41, 5.74) is 2.30. The summed E-state index contributed by atoms with van der Waals surface area (Å²) in [5.74, 6) is 0. The van der Waals surface area contributed by atoms with Gasteiger partial charge in [-0.1, -0.05) is 6.07 Å². The van der Waals surface area contributed by atoms with Gasteiger partial charge in [0.05, 0.1) is 23.1 Å². The van der Waals surface area contributed by atoms with Crippen molar-refractivity contribution in [1.82, 2.24) is 20.1 Å². The highest BCUT2D eigenvalue weighted by Crippen LogP contribution is 2.12. The van der Waals surface area contributed by atoms with Gasteiger partial charge in [-0.2, -0.15) is 5.10 Å². The molecule has 2 amide bonds. The van der Waals surface area contributed by atoms with E-state index in [2.05, 4.69) is 20.7 Å². The molecule has 6 heteroatoms. The van der Waals surface area contributed by atoms with Gasteiger partial charge in [-0.3, -0.25) is 9.67 Å². The van der Waals surface area contributed by atoms with Crippen LogP contribution in [0.2, 0.25) is 0 Å². The number of carbonyl (C=O) groups excluding carboxylic acids is 1. The minimum absolute atomic E-state index is 0.154. The molecule has 0 unspecified atom stereocenters. The number of aromatic nitrogens is 3. The Morgan fingerprint density at radius 3 is 2.79 bits per heavy atom. The minimum Gasteiger partial charge on any atom is -0.330 e. The molecule has 2 heterocycles. The van der Waals surface area contributed by atoms with Crippen LogP contribution in [-0.4, -0.2) is 20.8 Å². The standard InChI is InChI=1S/C13H17N5O/c1-9(11-6-4-5-7-14-11)15-13(19)16-12-8-18(3)17-10(12)2/h4-9H,1-3H3,(H2,15,16,19)/t9-/m0/s1. The Morgan fingerprint density at radius 2 is 2.21 bits per heavy atom. The zero-order valence-electron chi connectivity index (χ0n) is 11.2. The van der Waals surface area contributed by atoms with E-state index in [1.165, 1.54) is 0 Å². The molecule has 0 fully saturated rings. The molecule has 100 valence electrons. The SMILES string of the molecule is Cc1nn(C)cc1NC(=O)N[C@@H](C)c1ccccn1. The molecule has 0 bridgehead atoms. The second-order valence-electron chi connectivity index (χ2n) is 4.38. The first kappa shape index (κ1) is 13.1. The predicted molar refractivity (Wildman–Crippen MR) is 72.8 cm³/mol. The monoisotopic (exact) mass is 259 g/mol. The van der Waals surface area contributed by atoms with E-state index in [-0.39, 0.29) is 12.1 Å². The molecular weight excluding hydrogens is 242 g/mol. The Labute approximate surface area is 111 Å². The highest BCUT2D eigenvalue weighted by molar-refractivity contribution is 5.89. The predicted octanol–water partition coefficient (Wildman–Crippen LogP) is 2.01. The fourth-order valence-electron chi connectivity index (χ4n) is 1.78. The molecular formula is C13H17N5O. The maximum Gasteiger partial charge on any atom is 0.319 e. The van der Waals surface area contributed by atoms with Crippen molar-refractivity contribution in [2.24, 2.45) is 7.05 Å². The maximum atomic E-state index is 11.9. The molecule has 0 aliphatic rings. The Bertz CT molecular complexity index is 564. The lowest BCUT2D eigenvalue weighted by atomic mass is 10.2. The number of aryl methyl sites for hydroxylation is 2. The van der Waals surface area contributed by atoms with Crippen molar-refractivity contribution in [3.8, 4) is 0 Å². The van der Waals surface area contributed by atoms with Gasteiger partial charge in [0.2, 0.25) is 0 Å². The smallest absolute Gasteiger partial charge is 0.319 e. The van der Waals surface area contributed by atoms with Crippen LogP contribution in [0.3, 0.4) is 0 Å². The number of rotatable bonds is 3. The van der Waals surface area contributed by atoms with Crippen molar-refractivity contribution >= 4 is 11.7 Å². The van der Waals surface area contributed by atoms with Gasteiger partial charge in [-0.05, 0) is 26.0 Å². The lowest BCUT2D eigenvalue weighted by Gasteiger charge is -2.13. The molecule has 2 aromatic heterocycles. The molecule has 6 nitrogen and oxygen atoms in total. The summed E-state index contributed by atoms with van der Waals surface area (Å²) in [7, 11) is 1.81. The van der Waals surface area contributed by atoms with Crippen molar-refractivity contribution in [3.63, 3.8) is 0 Å². The van der Waals surface area contributed by atoms with E-state index in [4.69, 9.17) is 0 Å². The molecule has 0 radical (unpaired) electrons. The van der Waals surface area contributed by atoms with Crippen LogP contribution in [0.4, 0.5) is 10.5 Å². The first-order valence-electron chi connectivity index (χ1n) is 6.05. The van der Waals surface area contributed by atoms with Crippen LogP contribution in [0, 0.1) is 6.92 Å². The normalized spacial score (nSPS) is 11.9. The van der Waals surface area contributed by atoms with Gasteiger partial charge in [-0.15, -0.1) is 0 Å². The van der Waals surface area contributed by atoms with Gasteiger partial charge in [0.1, 0.15) is 0 Å². The third kappa shape index (κ3) is 3.31. The molecule has 0 aromatic carbocycles. The van der Waals surface area contributed by atoms with Gasteiger partial charge in [-0.25, -0.2) is 4.79 Å². The molecule has 0 saturated heterocycles. The number of carbonyl (C=O) groups is 1. The van der Waals surface area contributed by atoms with Crippen LogP contribution in [0.15, 0.2) is 30.6 Å². The number of pyridine rings is 1. The summed E-state index contributed by atoms with van der Waals surface area (Å²) < 4.78 is 1.66. The first-order valence-corrected chi connectivity index (χ1v) is 6.05. The lowest BCUT2D eigenvalue weighted by Crippen LogP contribution is -2.31. The Hall–Kier alpha value is -2.37. The molecule has 19 heavy (non-hydrogen) atoms. The third-order valence-electron chi connectivity index (χ3n) is 2.74. The minimum atomic E-state index is -0.269. The zero-order valence-corrected chi connectivity index (χ0v) is 11.2. The van der Waals surface area contributed by atoms with Crippen molar-refractivity contribution < 1.29 is 4.79 Å². The van der Waals surface area contributed by atoms with E-state index < -0.39 is 0 Å². The van der Waals surface area contributed by atoms with E-state index in [1.54, 1.807) is 17.1 Å². The van der Waals surface area contributed by atoms with Crippen LogP contribution in [0.25, 0.3) is 0 Å².